The Labute approximate surface area is 108 Å². The molecule has 4 nitrogen and oxygen atoms in total. The van der Waals surface area contributed by atoms with Crippen molar-refractivity contribution in [3.05, 3.63) is 16.4 Å². The Morgan fingerprint density at radius 1 is 1.41 bits per heavy atom. The van der Waals surface area contributed by atoms with E-state index in [0.29, 0.717) is 18.2 Å². The minimum Gasteiger partial charge on any atom is -0.389 e. The van der Waals surface area contributed by atoms with Crippen LogP contribution in [0.2, 0.25) is 5.15 Å². The molecule has 17 heavy (non-hydrogen) atoms. The maximum absolute atomic E-state index is 10.1. The molecule has 0 spiro atoms. The van der Waals surface area contributed by atoms with Gasteiger partial charge in [0.1, 0.15) is 5.15 Å². The van der Waals surface area contributed by atoms with Gasteiger partial charge in [0.05, 0.1) is 11.3 Å². The summed E-state index contributed by atoms with van der Waals surface area (Å²) in [6.45, 7) is 7.14. The molecule has 2 N–H and O–H groups in total. The molecule has 0 aromatic carbocycles. The molecule has 0 aliphatic carbocycles. The molecule has 0 radical (unpaired) electrons. The lowest BCUT2D eigenvalue weighted by Gasteiger charge is -2.25. The number of hydrogen-bond donors (Lipinski definition) is 2. The van der Waals surface area contributed by atoms with Gasteiger partial charge >= 0.3 is 0 Å². The standard InChI is InChI=1S/C12H22ClN3O/c1-5-12(17,6-2)8-14-7-10-9(3)15-16(4)11(10)13/h14,17H,5-8H2,1-4H3. The fourth-order valence-electron chi connectivity index (χ4n) is 1.79. The first-order valence-corrected chi connectivity index (χ1v) is 6.42. The number of aromatic nitrogens is 2. The third kappa shape index (κ3) is 3.44. The van der Waals surface area contributed by atoms with Crippen molar-refractivity contribution in [2.75, 3.05) is 6.54 Å². The number of nitrogens with zero attached hydrogens (tertiary/aromatic N) is 2. The van der Waals surface area contributed by atoms with E-state index < -0.39 is 5.60 Å². The van der Waals surface area contributed by atoms with Gasteiger partial charge in [-0.3, -0.25) is 4.68 Å². The molecule has 0 bridgehead atoms. The van der Waals surface area contributed by atoms with Crippen LogP contribution in [-0.2, 0) is 13.6 Å². The highest BCUT2D eigenvalue weighted by atomic mass is 35.5. The predicted octanol–water partition coefficient (Wildman–Crippen LogP) is 2.02. The number of aryl methyl sites for hydroxylation is 2. The molecule has 1 rings (SSSR count). The van der Waals surface area contributed by atoms with Crippen molar-refractivity contribution in [3.8, 4) is 0 Å². The molecule has 0 fully saturated rings. The summed E-state index contributed by atoms with van der Waals surface area (Å²) < 4.78 is 1.67. The number of aliphatic hydroxyl groups is 1. The zero-order valence-corrected chi connectivity index (χ0v) is 11.8. The molecule has 0 unspecified atom stereocenters. The van der Waals surface area contributed by atoms with E-state index in [2.05, 4.69) is 10.4 Å². The smallest absolute Gasteiger partial charge is 0.131 e. The van der Waals surface area contributed by atoms with Gasteiger partial charge in [0.25, 0.3) is 0 Å². The van der Waals surface area contributed by atoms with Crippen LogP contribution in [0, 0.1) is 6.92 Å². The van der Waals surface area contributed by atoms with Crippen molar-refractivity contribution in [1.82, 2.24) is 15.1 Å². The van der Waals surface area contributed by atoms with Crippen molar-refractivity contribution in [1.29, 1.82) is 0 Å². The monoisotopic (exact) mass is 259 g/mol. The SMILES string of the molecule is CCC(O)(CC)CNCc1c(C)nn(C)c1Cl. The van der Waals surface area contributed by atoms with Crippen LogP contribution in [0.1, 0.15) is 37.9 Å². The van der Waals surface area contributed by atoms with Crippen molar-refractivity contribution in [2.24, 2.45) is 7.05 Å². The van der Waals surface area contributed by atoms with Gasteiger partial charge in [-0.15, -0.1) is 0 Å². The predicted molar refractivity (Wildman–Crippen MR) is 70.2 cm³/mol. The molecule has 0 amide bonds. The molecule has 1 aromatic heterocycles. The summed E-state index contributed by atoms with van der Waals surface area (Å²) in [7, 11) is 1.83. The van der Waals surface area contributed by atoms with E-state index in [1.807, 2.05) is 27.8 Å². The summed E-state index contributed by atoms with van der Waals surface area (Å²) in [4.78, 5) is 0. The van der Waals surface area contributed by atoms with E-state index in [1.165, 1.54) is 0 Å². The lowest BCUT2D eigenvalue weighted by atomic mass is 9.97. The minimum atomic E-state index is -0.622. The Morgan fingerprint density at radius 3 is 2.41 bits per heavy atom. The highest BCUT2D eigenvalue weighted by Crippen LogP contribution is 2.19. The van der Waals surface area contributed by atoms with Crippen LogP contribution < -0.4 is 5.32 Å². The summed E-state index contributed by atoms with van der Waals surface area (Å²) in [5, 5.41) is 18.3. The van der Waals surface area contributed by atoms with Crippen LogP contribution in [0.15, 0.2) is 0 Å². The van der Waals surface area contributed by atoms with Crippen molar-refractivity contribution in [2.45, 2.75) is 45.8 Å². The Morgan fingerprint density at radius 2 is 2.00 bits per heavy atom. The average molecular weight is 260 g/mol. The quantitative estimate of drug-likeness (QED) is 0.822. The van der Waals surface area contributed by atoms with E-state index in [1.54, 1.807) is 4.68 Å². The first-order valence-electron chi connectivity index (χ1n) is 6.04. The van der Waals surface area contributed by atoms with E-state index in [9.17, 15) is 5.11 Å². The van der Waals surface area contributed by atoms with Gasteiger partial charge in [0.2, 0.25) is 0 Å². The number of halogens is 1. The van der Waals surface area contributed by atoms with Crippen LogP contribution >= 0.6 is 11.6 Å². The Balaban J connectivity index is 2.57. The Bertz CT molecular complexity index is 372. The van der Waals surface area contributed by atoms with Crippen LogP contribution in [-0.4, -0.2) is 27.0 Å². The topological polar surface area (TPSA) is 50.1 Å². The molecule has 0 atom stereocenters. The van der Waals surface area contributed by atoms with Gasteiger partial charge in [0, 0.05) is 25.7 Å². The second-order valence-corrected chi connectivity index (χ2v) is 4.87. The van der Waals surface area contributed by atoms with Crippen LogP contribution in [0.4, 0.5) is 0 Å². The minimum absolute atomic E-state index is 0.574. The van der Waals surface area contributed by atoms with E-state index in [-0.39, 0.29) is 0 Å². The molecular weight excluding hydrogens is 238 g/mol. The van der Waals surface area contributed by atoms with Gasteiger partial charge in [-0.05, 0) is 19.8 Å². The van der Waals surface area contributed by atoms with Crippen molar-refractivity contribution < 1.29 is 5.11 Å². The van der Waals surface area contributed by atoms with Gasteiger partial charge < -0.3 is 10.4 Å². The Kier molecular flexibility index (Phi) is 4.98. The number of nitrogens with one attached hydrogen (secondary N) is 1. The van der Waals surface area contributed by atoms with Gasteiger partial charge in [0.15, 0.2) is 0 Å². The molecule has 1 aromatic rings. The largest absolute Gasteiger partial charge is 0.389 e. The first-order chi connectivity index (χ1) is 7.93. The lowest BCUT2D eigenvalue weighted by Crippen LogP contribution is -2.39. The molecule has 0 aliphatic heterocycles. The second kappa shape index (κ2) is 5.85. The maximum Gasteiger partial charge on any atom is 0.131 e. The normalized spacial score (nSPS) is 12.1. The number of hydrogen-bond acceptors (Lipinski definition) is 3. The summed E-state index contributed by atoms with van der Waals surface area (Å²) >= 11 is 6.13. The molecule has 1 heterocycles. The zero-order chi connectivity index (χ0) is 13.1. The van der Waals surface area contributed by atoms with Crippen LogP contribution in [0.5, 0.6) is 0 Å². The maximum atomic E-state index is 10.1. The number of rotatable bonds is 6. The zero-order valence-electron chi connectivity index (χ0n) is 11.0. The van der Waals surface area contributed by atoms with E-state index in [0.717, 1.165) is 24.1 Å². The highest BCUT2D eigenvalue weighted by Gasteiger charge is 2.21. The summed E-state index contributed by atoms with van der Waals surface area (Å²) in [6, 6.07) is 0. The summed E-state index contributed by atoms with van der Waals surface area (Å²) in [5.74, 6) is 0. The van der Waals surface area contributed by atoms with Crippen molar-refractivity contribution >= 4 is 11.6 Å². The molecule has 0 aliphatic rings. The third-order valence-electron chi connectivity index (χ3n) is 3.34. The fourth-order valence-corrected chi connectivity index (χ4v) is 2.04. The van der Waals surface area contributed by atoms with Gasteiger partial charge in [-0.1, -0.05) is 25.4 Å². The third-order valence-corrected chi connectivity index (χ3v) is 3.81. The van der Waals surface area contributed by atoms with E-state index in [4.69, 9.17) is 11.6 Å². The van der Waals surface area contributed by atoms with Crippen LogP contribution in [0.25, 0.3) is 0 Å². The van der Waals surface area contributed by atoms with Crippen LogP contribution in [0.3, 0.4) is 0 Å². The summed E-state index contributed by atoms with van der Waals surface area (Å²) in [5.41, 5.74) is 1.31. The van der Waals surface area contributed by atoms with Gasteiger partial charge in [-0.2, -0.15) is 5.10 Å². The average Bonchev–Trinajstić information content (AvgIpc) is 2.55. The lowest BCUT2D eigenvalue weighted by molar-refractivity contribution is 0.0323. The fraction of sp³-hybridized carbons (Fsp3) is 0.750. The molecule has 0 saturated heterocycles. The molecule has 0 saturated carbocycles. The Hall–Kier alpha value is -0.580. The highest BCUT2D eigenvalue weighted by molar-refractivity contribution is 6.30. The first kappa shape index (κ1) is 14.5. The second-order valence-electron chi connectivity index (χ2n) is 4.51. The molecular formula is C12H22ClN3O. The van der Waals surface area contributed by atoms with E-state index >= 15 is 0 Å². The molecule has 98 valence electrons. The summed E-state index contributed by atoms with van der Waals surface area (Å²) in [6.07, 6.45) is 1.49. The molecule has 5 heteroatoms. The van der Waals surface area contributed by atoms with Crippen molar-refractivity contribution in [3.63, 3.8) is 0 Å². The van der Waals surface area contributed by atoms with Gasteiger partial charge in [-0.25, -0.2) is 0 Å².